The van der Waals surface area contributed by atoms with Crippen LogP contribution in [0, 0.1) is 6.92 Å². The van der Waals surface area contributed by atoms with E-state index >= 15 is 0 Å². The van der Waals surface area contributed by atoms with Crippen LogP contribution >= 0.6 is 22.7 Å². The maximum absolute atomic E-state index is 5.76. The number of thiophene rings is 2. The van der Waals surface area contributed by atoms with Gasteiger partial charge in [0.05, 0.1) is 22.7 Å². The average Bonchev–Trinajstić information content (AvgIpc) is 3.16. The zero-order chi connectivity index (χ0) is 16.4. The molecule has 0 amide bonds. The van der Waals surface area contributed by atoms with Crippen LogP contribution < -0.4 is 5.32 Å². The van der Waals surface area contributed by atoms with Crippen molar-refractivity contribution in [1.82, 2.24) is 10.2 Å². The third kappa shape index (κ3) is 3.61. The van der Waals surface area contributed by atoms with Crippen molar-refractivity contribution in [3.05, 3.63) is 39.0 Å². The Balaban J connectivity index is 1.47. The van der Waals surface area contributed by atoms with Crippen molar-refractivity contribution in [3.63, 3.8) is 0 Å². The minimum Gasteiger partial charge on any atom is -0.378 e. The van der Waals surface area contributed by atoms with E-state index in [9.17, 15) is 0 Å². The predicted molar refractivity (Wildman–Crippen MR) is 101 cm³/mol. The third-order valence-corrected chi connectivity index (χ3v) is 6.51. The summed E-state index contributed by atoms with van der Waals surface area (Å²) in [6.07, 6.45) is 7.02. The van der Waals surface area contributed by atoms with Gasteiger partial charge in [0.25, 0.3) is 0 Å². The van der Waals surface area contributed by atoms with Crippen LogP contribution in [0.1, 0.15) is 34.6 Å². The standard InChI is InChI=1S/C18H21N3OS2/c1-12-16(5-2-8-22-13-6-7-13)24-18-15(11-20-21-17(12)18)19-10-14-4-3-9-23-14/h3-4,9,11,13H,2,5-8,10H2,1H3,(H,19,21). The van der Waals surface area contributed by atoms with E-state index in [1.807, 2.05) is 17.5 Å². The molecule has 24 heavy (non-hydrogen) atoms. The Hall–Kier alpha value is -1.50. The molecule has 0 unspecified atom stereocenters. The van der Waals surface area contributed by atoms with E-state index in [0.29, 0.717) is 6.10 Å². The second-order valence-electron chi connectivity index (χ2n) is 6.19. The maximum Gasteiger partial charge on any atom is 0.109 e. The summed E-state index contributed by atoms with van der Waals surface area (Å²) in [5, 5.41) is 14.2. The molecule has 3 aromatic rings. The SMILES string of the molecule is Cc1c(CCCOC2CC2)sc2c(NCc3cccs3)cnnc12. The van der Waals surface area contributed by atoms with E-state index < -0.39 is 0 Å². The molecule has 0 radical (unpaired) electrons. The number of ether oxygens (including phenoxy) is 1. The quantitative estimate of drug-likeness (QED) is 0.588. The van der Waals surface area contributed by atoms with Crippen LogP contribution in [0.25, 0.3) is 10.2 Å². The average molecular weight is 360 g/mol. The topological polar surface area (TPSA) is 47.0 Å². The number of hydrogen-bond donors (Lipinski definition) is 1. The summed E-state index contributed by atoms with van der Waals surface area (Å²) >= 11 is 3.61. The van der Waals surface area contributed by atoms with Gasteiger partial charge < -0.3 is 10.1 Å². The normalized spacial score (nSPS) is 14.4. The molecule has 0 spiro atoms. The zero-order valence-electron chi connectivity index (χ0n) is 13.7. The van der Waals surface area contributed by atoms with Gasteiger partial charge >= 0.3 is 0 Å². The highest BCUT2D eigenvalue weighted by atomic mass is 32.1. The molecular weight excluding hydrogens is 338 g/mol. The highest BCUT2D eigenvalue weighted by Crippen LogP contribution is 2.35. The first-order chi connectivity index (χ1) is 11.8. The fraction of sp³-hybridized carbons (Fsp3) is 0.444. The van der Waals surface area contributed by atoms with E-state index in [1.165, 1.54) is 32.9 Å². The Kier molecular flexibility index (Phi) is 4.78. The van der Waals surface area contributed by atoms with Gasteiger partial charge in [-0.25, -0.2) is 0 Å². The second-order valence-corrected chi connectivity index (χ2v) is 8.33. The summed E-state index contributed by atoms with van der Waals surface area (Å²) in [7, 11) is 0. The van der Waals surface area contributed by atoms with E-state index in [0.717, 1.165) is 37.2 Å². The van der Waals surface area contributed by atoms with Gasteiger partial charge in [0.15, 0.2) is 0 Å². The Bertz CT molecular complexity index is 809. The van der Waals surface area contributed by atoms with Gasteiger partial charge in [-0.2, -0.15) is 5.10 Å². The van der Waals surface area contributed by atoms with E-state index in [-0.39, 0.29) is 0 Å². The predicted octanol–water partition coefficient (Wildman–Crippen LogP) is 4.78. The number of aromatic nitrogens is 2. The molecule has 1 aliphatic rings. The first kappa shape index (κ1) is 16.0. The van der Waals surface area contributed by atoms with Crippen molar-refractivity contribution in [2.45, 2.75) is 45.3 Å². The minimum absolute atomic E-state index is 0.549. The van der Waals surface area contributed by atoms with Crippen molar-refractivity contribution in [2.24, 2.45) is 0 Å². The molecule has 4 nitrogen and oxygen atoms in total. The number of rotatable bonds is 8. The molecular formula is C18H21N3OS2. The van der Waals surface area contributed by atoms with Crippen LogP contribution in [0.2, 0.25) is 0 Å². The number of nitrogens with one attached hydrogen (secondary N) is 1. The Labute approximate surface area is 149 Å². The molecule has 0 atom stereocenters. The lowest BCUT2D eigenvalue weighted by Crippen LogP contribution is -1.98. The first-order valence-corrected chi connectivity index (χ1v) is 10.1. The van der Waals surface area contributed by atoms with Crippen LogP contribution in [0.4, 0.5) is 5.69 Å². The lowest BCUT2D eigenvalue weighted by molar-refractivity contribution is 0.117. The van der Waals surface area contributed by atoms with E-state index in [4.69, 9.17) is 4.74 Å². The molecule has 1 saturated carbocycles. The molecule has 0 aliphatic heterocycles. The summed E-state index contributed by atoms with van der Waals surface area (Å²) in [6.45, 7) is 3.86. The number of hydrogen-bond acceptors (Lipinski definition) is 6. The van der Waals surface area contributed by atoms with Crippen molar-refractivity contribution < 1.29 is 4.74 Å². The molecule has 6 heteroatoms. The van der Waals surface area contributed by atoms with Crippen molar-refractivity contribution in [2.75, 3.05) is 11.9 Å². The molecule has 0 saturated heterocycles. The van der Waals surface area contributed by atoms with E-state index in [2.05, 4.69) is 40.0 Å². The number of nitrogens with zero attached hydrogens (tertiary/aromatic N) is 2. The van der Waals surface area contributed by atoms with Crippen LogP contribution in [-0.4, -0.2) is 22.9 Å². The smallest absolute Gasteiger partial charge is 0.109 e. The fourth-order valence-corrected chi connectivity index (χ4v) is 4.65. The van der Waals surface area contributed by atoms with Gasteiger partial charge in [-0.1, -0.05) is 6.07 Å². The van der Waals surface area contributed by atoms with Gasteiger partial charge in [-0.15, -0.1) is 27.8 Å². The minimum atomic E-state index is 0.549. The van der Waals surface area contributed by atoms with Crippen LogP contribution in [-0.2, 0) is 17.7 Å². The van der Waals surface area contributed by atoms with Crippen LogP contribution in [0.15, 0.2) is 23.7 Å². The summed E-state index contributed by atoms with van der Waals surface area (Å²) in [5.41, 5.74) is 3.39. The number of anilines is 1. The Morgan fingerprint density at radius 1 is 1.38 bits per heavy atom. The third-order valence-electron chi connectivity index (χ3n) is 4.26. The highest BCUT2D eigenvalue weighted by Gasteiger charge is 2.21. The molecule has 0 bridgehead atoms. The lowest BCUT2D eigenvalue weighted by Gasteiger charge is -2.04. The van der Waals surface area contributed by atoms with Gasteiger partial charge in [0.2, 0.25) is 0 Å². The van der Waals surface area contributed by atoms with Crippen LogP contribution in [0.3, 0.4) is 0 Å². The molecule has 1 N–H and O–H groups in total. The molecule has 3 aromatic heterocycles. The van der Waals surface area contributed by atoms with Crippen molar-refractivity contribution in [1.29, 1.82) is 0 Å². The number of fused-ring (bicyclic) bond motifs is 1. The van der Waals surface area contributed by atoms with Crippen LogP contribution in [0.5, 0.6) is 0 Å². The lowest BCUT2D eigenvalue weighted by atomic mass is 10.2. The first-order valence-electron chi connectivity index (χ1n) is 8.43. The largest absolute Gasteiger partial charge is 0.378 e. The molecule has 1 aliphatic carbocycles. The summed E-state index contributed by atoms with van der Waals surface area (Å²) in [4.78, 5) is 2.73. The second kappa shape index (κ2) is 7.17. The summed E-state index contributed by atoms with van der Waals surface area (Å²) in [5.74, 6) is 0. The number of aryl methyl sites for hydroxylation is 2. The maximum atomic E-state index is 5.76. The van der Waals surface area contributed by atoms with Gasteiger partial charge in [0, 0.05) is 22.9 Å². The van der Waals surface area contributed by atoms with Gasteiger partial charge in [0.1, 0.15) is 5.52 Å². The fourth-order valence-electron chi connectivity index (χ4n) is 2.73. The molecule has 1 fully saturated rings. The zero-order valence-corrected chi connectivity index (χ0v) is 15.4. The monoisotopic (exact) mass is 359 g/mol. The van der Waals surface area contributed by atoms with Crippen molar-refractivity contribution >= 4 is 38.6 Å². The van der Waals surface area contributed by atoms with Crippen molar-refractivity contribution in [3.8, 4) is 0 Å². The summed E-state index contributed by atoms with van der Waals surface area (Å²) in [6, 6.07) is 4.23. The molecule has 126 valence electrons. The molecule has 4 rings (SSSR count). The van der Waals surface area contributed by atoms with Gasteiger partial charge in [-0.05, 0) is 49.6 Å². The highest BCUT2D eigenvalue weighted by molar-refractivity contribution is 7.19. The summed E-state index contributed by atoms with van der Waals surface area (Å²) < 4.78 is 6.98. The molecule has 3 heterocycles. The van der Waals surface area contributed by atoms with E-state index in [1.54, 1.807) is 11.3 Å². The Morgan fingerprint density at radius 2 is 2.29 bits per heavy atom. The van der Waals surface area contributed by atoms with Gasteiger partial charge in [-0.3, -0.25) is 0 Å². The Morgan fingerprint density at radius 3 is 3.08 bits per heavy atom. The molecule has 0 aromatic carbocycles.